The minimum atomic E-state index is -0.0742. The summed E-state index contributed by atoms with van der Waals surface area (Å²) in [5.74, 6) is 0. The predicted octanol–water partition coefficient (Wildman–Crippen LogP) is -0.343. The van der Waals surface area contributed by atoms with E-state index < -0.39 is 0 Å². The number of rotatable bonds is 0. The molecule has 0 atom stereocenters. The summed E-state index contributed by atoms with van der Waals surface area (Å²) in [6.45, 7) is 0. The zero-order valence-electron chi connectivity index (χ0n) is 5.90. The molecule has 1 N–H and O–H groups in total. The van der Waals surface area contributed by atoms with Crippen molar-refractivity contribution in [2.75, 3.05) is 0 Å². The van der Waals surface area contributed by atoms with E-state index in [9.17, 15) is 4.79 Å². The van der Waals surface area contributed by atoms with Crippen molar-refractivity contribution in [3.63, 3.8) is 0 Å². The van der Waals surface area contributed by atoms with Gasteiger partial charge in [-0.15, -0.1) is 5.10 Å². The number of hydrogen-bond donors (Lipinski definition) is 1. The first-order chi connectivity index (χ1) is 5.29. The third-order valence-electron chi connectivity index (χ3n) is 1.53. The molecule has 56 valence electrons. The van der Waals surface area contributed by atoms with Gasteiger partial charge in [-0.1, -0.05) is 0 Å². The standard InChI is InChI=1S/C6H6N4O/c1-10-6(11)4-2-3-7-8-5(4)9-10/h2-3H,1H3,(H,8,9). The van der Waals surface area contributed by atoms with Gasteiger partial charge in [-0.2, -0.15) is 5.10 Å². The van der Waals surface area contributed by atoms with Crippen LogP contribution < -0.4 is 5.56 Å². The normalized spacial score (nSPS) is 10.6. The third kappa shape index (κ3) is 0.739. The van der Waals surface area contributed by atoms with Crippen molar-refractivity contribution in [2.24, 2.45) is 7.05 Å². The predicted molar refractivity (Wildman–Crippen MR) is 39.1 cm³/mol. The monoisotopic (exact) mass is 150 g/mol. The molecule has 5 heteroatoms. The summed E-state index contributed by atoms with van der Waals surface area (Å²) in [4.78, 5) is 11.2. The summed E-state index contributed by atoms with van der Waals surface area (Å²) < 4.78 is 1.37. The van der Waals surface area contributed by atoms with Crippen LogP contribution >= 0.6 is 0 Å². The molecule has 2 aromatic rings. The molecule has 0 fully saturated rings. The number of aryl methyl sites for hydroxylation is 1. The Morgan fingerprint density at radius 2 is 2.45 bits per heavy atom. The number of aromatic nitrogens is 4. The van der Waals surface area contributed by atoms with Gasteiger partial charge in [0, 0.05) is 7.05 Å². The quantitative estimate of drug-likeness (QED) is 0.558. The molecule has 11 heavy (non-hydrogen) atoms. The Morgan fingerprint density at radius 3 is 3.18 bits per heavy atom. The minimum absolute atomic E-state index is 0.0742. The Labute approximate surface area is 61.7 Å². The molecule has 0 aliphatic carbocycles. The fourth-order valence-corrected chi connectivity index (χ4v) is 0.977. The van der Waals surface area contributed by atoms with Gasteiger partial charge in [0.1, 0.15) is 0 Å². The van der Waals surface area contributed by atoms with Crippen LogP contribution in [0.1, 0.15) is 0 Å². The van der Waals surface area contributed by atoms with Gasteiger partial charge in [0.05, 0.1) is 11.6 Å². The first-order valence-electron chi connectivity index (χ1n) is 3.15. The van der Waals surface area contributed by atoms with Crippen molar-refractivity contribution in [2.45, 2.75) is 0 Å². The minimum Gasteiger partial charge on any atom is -0.277 e. The van der Waals surface area contributed by atoms with E-state index in [0.29, 0.717) is 11.0 Å². The van der Waals surface area contributed by atoms with Gasteiger partial charge < -0.3 is 0 Å². The second-order valence-electron chi connectivity index (χ2n) is 2.27. The molecule has 2 aromatic heterocycles. The lowest BCUT2D eigenvalue weighted by molar-refractivity contribution is 0.746. The average molecular weight is 150 g/mol. The van der Waals surface area contributed by atoms with E-state index in [1.54, 1.807) is 13.1 Å². The Bertz CT molecular complexity index is 441. The average Bonchev–Trinajstić information content (AvgIpc) is 2.30. The number of aromatic amines is 1. The van der Waals surface area contributed by atoms with Gasteiger partial charge in [-0.05, 0) is 6.07 Å². The summed E-state index contributed by atoms with van der Waals surface area (Å²) in [5, 5.41) is 10.7. The maximum absolute atomic E-state index is 11.2. The Hall–Kier alpha value is -1.65. The highest BCUT2D eigenvalue weighted by atomic mass is 16.1. The van der Waals surface area contributed by atoms with E-state index in [1.807, 2.05) is 0 Å². The van der Waals surface area contributed by atoms with Crippen molar-refractivity contribution in [3.05, 3.63) is 22.6 Å². The topological polar surface area (TPSA) is 63.6 Å². The maximum Gasteiger partial charge on any atom is 0.275 e. The number of hydrogen-bond acceptors (Lipinski definition) is 3. The Morgan fingerprint density at radius 1 is 1.64 bits per heavy atom. The Kier molecular flexibility index (Phi) is 1.06. The molecular formula is C6H6N4O. The lowest BCUT2D eigenvalue weighted by Gasteiger charge is -1.81. The zero-order valence-corrected chi connectivity index (χ0v) is 5.90. The molecule has 0 aliphatic rings. The van der Waals surface area contributed by atoms with E-state index in [4.69, 9.17) is 0 Å². The lowest BCUT2D eigenvalue weighted by atomic mass is 10.4. The number of nitrogens with zero attached hydrogens (tertiary/aromatic N) is 3. The summed E-state index contributed by atoms with van der Waals surface area (Å²) in [6.07, 6.45) is 1.50. The molecule has 5 nitrogen and oxygen atoms in total. The first kappa shape index (κ1) is 6.09. The highest BCUT2D eigenvalue weighted by Gasteiger charge is 2.02. The molecule has 0 aliphatic heterocycles. The number of H-pyrrole nitrogens is 1. The van der Waals surface area contributed by atoms with Crippen LogP contribution in [0, 0.1) is 0 Å². The van der Waals surface area contributed by atoms with E-state index in [1.165, 1.54) is 10.9 Å². The van der Waals surface area contributed by atoms with E-state index in [2.05, 4.69) is 15.3 Å². The summed E-state index contributed by atoms with van der Waals surface area (Å²) >= 11 is 0. The van der Waals surface area contributed by atoms with E-state index in [-0.39, 0.29) is 5.56 Å². The van der Waals surface area contributed by atoms with Gasteiger partial charge in [-0.3, -0.25) is 14.6 Å². The largest absolute Gasteiger partial charge is 0.277 e. The number of fused-ring (bicyclic) bond motifs is 1. The molecule has 0 unspecified atom stereocenters. The van der Waals surface area contributed by atoms with Crippen LogP contribution in [0.3, 0.4) is 0 Å². The third-order valence-corrected chi connectivity index (χ3v) is 1.53. The molecule has 2 heterocycles. The lowest BCUT2D eigenvalue weighted by Crippen LogP contribution is -2.10. The van der Waals surface area contributed by atoms with Gasteiger partial charge in [0.15, 0.2) is 5.65 Å². The van der Waals surface area contributed by atoms with Crippen LogP contribution in [0.4, 0.5) is 0 Å². The van der Waals surface area contributed by atoms with Crippen LogP contribution in [-0.2, 0) is 7.05 Å². The smallest absolute Gasteiger partial charge is 0.275 e. The molecule has 0 aromatic carbocycles. The van der Waals surface area contributed by atoms with Crippen LogP contribution in [-0.4, -0.2) is 20.0 Å². The first-order valence-corrected chi connectivity index (χ1v) is 3.15. The molecule has 0 spiro atoms. The van der Waals surface area contributed by atoms with Crippen molar-refractivity contribution in [1.29, 1.82) is 0 Å². The second kappa shape index (κ2) is 1.91. The summed E-state index contributed by atoms with van der Waals surface area (Å²) in [7, 11) is 1.64. The summed E-state index contributed by atoms with van der Waals surface area (Å²) in [6, 6.07) is 1.64. The molecule has 2 rings (SSSR count). The molecule has 0 bridgehead atoms. The van der Waals surface area contributed by atoms with Crippen LogP contribution in [0.2, 0.25) is 0 Å². The Balaban J connectivity index is 3.04. The fraction of sp³-hybridized carbons (Fsp3) is 0.167. The molecular weight excluding hydrogens is 144 g/mol. The molecule has 0 saturated carbocycles. The zero-order chi connectivity index (χ0) is 7.84. The van der Waals surface area contributed by atoms with Crippen molar-refractivity contribution in [3.8, 4) is 0 Å². The highest BCUT2D eigenvalue weighted by Crippen LogP contribution is 1.98. The summed E-state index contributed by atoms with van der Waals surface area (Å²) in [5.41, 5.74) is 0.454. The molecule has 0 radical (unpaired) electrons. The maximum atomic E-state index is 11.2. The highest BCUT2D eigenvalue weighted by molar-refractivity contribution is 5.72. The van der Waals surface area contributed by atoms with Gasteiger partial charge in [-0.25, -0.2) is 0 Å². The van der Waals surface area contributed by atoms with Crippen molar-refractivity contribution in [1.82, 2.24) is 20.0 Å². The van der Waals surface area contributed by atoms with E-state index in [0.717, 1.165) is 0 Å². The second-order valence-corrected chi connectivity index (χ2v) is 2.27. The number of nitrogens with one attached hydrogen (secondary N) is 1. The molecule has 0 amide bonds. The van der Waals surface area contributed by atoms with Crippen molar-refractivity contribution < 1.29 is 0 Å². The van der Waals surface area contributed by atoms with Crippen molar-refractivity contribution >= 4 is 11.0 Å². The fourth-order valence-electron chi connectivity index (χ4n) is 0.977. The van der Waals surface area contributed by atoms with E-state index >= 15 is 0 Å². The SMILES string of the molecule is Cn1[nH]c2nnccc2c1=O. The van der Waals surface area contributed by atoms with Crippen LogP contribution in [0.15, 0.2) is 17.1 Å². The van der Waals surface area contributed by atoms with Crippen LogP contribution in [0.25, 0.3) is 11.0 Å². The molecule has 0 saturated heterocycles. The van der Waals surface area contributed by atoms with Gasteiger partial charge in [0.2, 0.25) is 0 Å². The van der Waals surface area contributed by atoms with Gasteiger partial charge >= 0.3 is 0 Å². The van der Waals surface area contributed by atoms with Gasteiger partial charge in [0.25, 0.3) is 5.56 Å². The van der Waals surface area contributed by atoms with Crippen LogP contribution in [0.5, 0.6) is 0 Å².